The highest BCUT2D eigenvalue weighted by Crippen LogP contribution is 2.27. The van der Waals surface area contributed by atoms with Crippen molar-refractivity contribution in [1.82, 2.24) is 40.2 Å². The number of tetrazole rings is 1. The lowest BCUT2D eigenvalue weighted by molar-refractivity contribution is 0.768. The summed E-state index contributed by atoms with van der Waals surface area (Å²) in [7, 11) is 1.89. The number of nitrogens with zero attached hydrogens (tertiary/aromatic N) is 7. The van der Waals surface area contributed by atoms with Crippen molar-refractivity contribution in [2.45, 2.75) is 13.8 Å². The molecule has 0 saturated carbocycles. The number of aromatic nitrogens is 8. The Balaban J connectivity index is 2.17. The van der Waals surface area contributed by atoms with Crippen LogP contribution in [0.4, 0.5) is 0 Å². The van der Waals surface area contributed by atoms with Crippen molar-refractivity contribution in [2.75, 3.05) is 0 Å². The maximum atomic E-state index is 4.43. The molecule has 3 heterocycles. The number of nitrogens with one attached hydrogen (secondary N) is 1. The number of rotatable bonds is 2. The average molecular weight is 244 g/mol. The summed E-state index contributed by atoms with van der Waals surface area (Å²) >= 11 is 0. The van der Waals surface area contributed by atoms with Crippen LogP contribution in [0.15, 0.2) is 12.4 Å². The zero-order valence-electron chi connectivity index (χ0n) is 10.3. The summed E-state index contributed by atoms with van der Waals surface area (Å²) in [6.07, 6.45) is 3.77. The van der Waals surface area contributed by atoms with E-state index in [2.05, 4.69) is 30.8 Å². The molecule has 0 unspecified atom stereocenters. The third-order valence-electron chi connectivity index (χ3n) is 2.81. The molecule has 0 spiro atoms. The maximum absolute atomic E-state index is 4.43. The first-order valence-electron chi connectivity index (χ1n) is 5.46. The van der Waals surface area contributed by atoms with Gasteiger partial charge in [0.15, 0.2) is 0 Å². The van der Waals surface area contributed by atoms with Crippen LogP contribution in [-0.2, 0) is 7.05 Å². The Kier molecular flexibility index (Phi) is 2.22. The number of aryl methyl sites for hydroxylation is 2. The Labute approximate surface area is 103 Å². The van der Waals surface area contributed by atoms with E-state index in [4.69, 9.17) is 0 Å². The first kappa shape index (κ1) is 10.6. The quantitative estimate of drug-likeness (QED) is 0.704. The lowest BCUT2D eigenvalue weighted by atomic mass is 10.1. The van der Waals surface area contributed by atoms with E-state index in [9.17, 15) is 0 Å². The standard InChI is InChI=1S/C10H12N8/c1-6-9(8-4-11-17(3)5-8)7(2)18(14-6)10-12-15-16-13-10/h4-5H,1-3H3,(H,12,13,15,16). The highest BCUT2D eigenvalue weighted by atomic mass is 15.5. The van der Waals surface area contributed by atoms with Crippen LogP contribution in [0.5, 0.6) is 0 Å². The van der Waals surface area contributed by atoms with Gasteiger partial charge in [0.1, 0.15) is 0 Å². The van der Waals surface area contributed by atoms with Crippen LogP contribution >= 0.6 is 0 Å². The van der Waals surface area contributed by atoms with Crippen LogP contribution in [0.1, 0.15) is 11.4 Å². The second-order valence-electron chi connectivity index (χ2n) is 4.07. The molecular formula is C10H12N8. The van der Waals surface area contributed by atoms with Crippen LogP contribution in [0, 0.1) is 13.8 Å². The van der Waals surface area contributed by atoms with E-state index in [-0.39, 0.29) is 0 Å². The molecule has 3 rings (SSSR count). The number of aromatic amines is 1. The molecule has 0 atom stereocenters. The zero-order chi connectivity index (χ0) is 12.7. The summed E-state index contributed by atoms with van der Waals surface area (Å²) < 4.78 is 3.43. The van der Waals surface area contributed by atoms with E-state index in [1.807, 2.05) is 33.3 Å². The van der Waals surface area contributed by atoms with Gasteiger partial charge in [-0.15, -0.1) is 5.10 Å². The molecule has 18 heavy (non-hydrogen) atoms. The monoisotopic (exact) mass is 244 g/mol. The van der Waals surface area contributed by atoms with Crippen LogP contribution in [0.3, 0.4) is 0 Å². The molecule has 8 nitrogen and oxygen atoms in total. The van der Waals surface area contributed by atoms with Gasteiger partial charge in [-0.05, 0) is 19.1 Å². The molecule has 0 aliphatic carbocycles. The molecule has 0 aliphatic rings. The van der Waals surface area contributed by atoms with E-state index in [0.717, 1.165) is 22.5 Å². The molecule has 0 aromatic carbocycles. The first-order valence-corrected chi connectivity index (χ1v) is 5.46. The Hall–Kier alpha value is -2.51. The topological polar surface area (TPSA) is 90.1 Å². The van der Waals surface area contributed by atoms with Gasteiger partial charge >= 0.3 is 0 Å². The summed E-state index contributed by atoms with van der Waals surface area (Å²) in [5.41, 5.74) is 3.95. The Morgan fingerprint density at radius 3 is 2.72 bits per heavy atom. The van der Waals surface area contributed by atoms with Gasteiger partial charge in [0.2, 0.25) is 0 Å². The molecule has 92 valence electrons. The summed E-state index contributed by atoms with van der Waals surface area (Å²) in [6.45, 7) is 3.92. The fourth-order valence-corrected chi connectivity index (χ4v) is 2.05. The van der Waals surface area contributed by atoms with Crippen molar-refractivity contribution in [3.63, 3.8) is 0 Å². The van der Waals surface area contributed by atoms with Crippen molar-refractivity contribution in [3.05, 3.63) is 23.8 Å². The van der Waals surface area contributed by atoms with E-state index in [1.165, 1.54) is 0 Å². The van der Waals surface area contributed by atoms with Gasteiger partial charge < -0.3 is 0 Å². The Morgan fingerprint density at radius 1 is 1.28 bits per heavy atom. The third-order valence-corrected chi connectivity index (χ3v) is 2.81. The molecule has 0 aliphatic heterocycles. The van der Waals surface area contributed by atoms with Gasteiger partial charge in [-0.2, -0.15) is 20.1 Å². The fraction of sp³-hybridized carbons (Fsp3) is 0.300. The van der Waals surface area contributed by atoms with Crippen LogP contribution in [0.2, 0.25) is 0 Å². The lowest BCUT2D eigenvalue weighted by Gasteiger charge is -1.98. The van der Waals surface area contributed by atoms with Gasteiger partial charge in [0, 0.05) is 24.4 Å². The highest BCUT2D eigenvalue weighted by molar-refractivity contribution is 5.67. The van der Waals surface area contributed by atoms with Gasteiger partial charge in [0.25, 0.3) is 5.95 Å². The van der Waals surface area contributed by atoms with Gasteiger partial charge in [-0.3, -0.25) is 4.68 Å². The van der Waals surface area contributed by atoms with Gasteiger partial charge in [-0.1, -0.05) is 5.10 Å². The van der Waals surface area contributed by atoms with Gasteiger partial charge in [0.05, 0.1) is 17.6 Å². The maximum Gasteiger partial charge on any atom is 0.290 e. The second-order valence-corrected chi connectivity index (χ2v) is 4.07. The minimum atomic E-state index is 0.436. The normalized spacial score (nSPS) is 11.1. The predicted molar refractivity (Wildman–Crippen MR) is 63.0 cm³/mol. The van der Waals surface area contributed by atoms with Crippen molar-refractivity contribution < 1.29 is 0 Å². The van der Waals surface area contributed by atoms with E-state index in [1.54, 1.807) is 9.36 Å². The van der Waals surface area contributed by atoms with Crippen LogP contribution in [0.25, 0.3) is 17.1 Å². The number of hydrogen-bond acceptors (Lipinski definition) is 5. The van der Waals surface area contributed by atoms with Crippen molar-refractivity contribution in [2.24, 2.45) is 7.05 Å². The molecule has 0 bridgehead atoms. The molecule has 8 heteroatoms. The molecule has 1 N–H and O–H groups in total. The summed E-state index contributed by atoms with van der Waals surface area (Å²) in [5.74, 6) is 0.436. The summed E-state index contributed by atoms with van der Waals surface area (Å²) in [5, 5.41) is 22.4. The second kappa shape index (κ2) is 3.76. The highest BCUT2D eigenvalue weighted by Gasteiger charge is 2.17. The van der Waals surface area contributed by atoms with Crippen molar-refractivity contribution in [1.29, 1.82) is 0 Å². The Bertz CT molecular complexity index is 675. The van der Waals surface area contributed by atoms with E-state index >= 15 is 0 Å². The molecule has 3 aromatic rings. The molecular weight excluding hydrogens is 232 g/mol. The fourth-order valence-electron chi connectivity index (χ4n) is 2.05. The van der Waals surface area contributed by atoms with E-state index in [0.29, 0.717) is 5.95 Å². The van der Waals surface area contributed by atoms with Crippen molar-refractivity contribution in [3.8, 4) is 17.1 Å². The number of hydrogen-bond donors (Lipinski definition) is 1. The van der Waals surface area contributed by atoms with Gasteiger partial charge in [-0.25, -0.2) is 0 Å². The van der Waals surface area contributed by atoms with Crippen molar-refractivity contribution >= 4 is 0 Å². The van der Waals surface area contributed by atoms with Crippen LogP contribution in [-0.4, -0.2) is 40.2 Å². The largest absolute Gasteiger partial charge is 0.290 e. The Morgan fingerprint density at radius 2 is 2.11 bits per heavy atom. The number of H-pyrrole nitrogens is 1. The SMILES string of the molecule is Cc1nn(-c2nn[nH]n2)c(C)c1-c1cnn(C)c1. The van der Waals surface area contributed by atoms with E-state index < -0.39 is 0 Å². The first-order chi connectivity index (χ1) is 8.66. The molecule has 0 saturated heterocycles. The zero-order valence-corrected chi connectivity index (χ0v) is 10.3. The molecule has 0 fully saturated rings. The third kappa shape index (κ3) is 1.50. The average Bonchev–Trinajstić information content (AvgIpc) is 3.01. The predicted octanol–water partition coefficient (Wildman–Crippen LogP) is 0.403. The minimum Gasteiger partial charge on any atom is -0.275 e. The van der Waals surface area contributed by atoms with Crippen LogP contribution < -0.4 is 0 Å². The molecule has 3 aromatic heterocycles. The summed E-state index contributed by atoms with van der Waals surface area (Å²) in [4.78, 5) is 0. The lowest BCUT2D eigenvalue weighted by Crippen LogP contribution is -2.01. The minimum absolute atomic E-state index is 0.436. The molecule has 0 radical (unpaired) electrons. The molecule has 0 amide bonds. The smallest absolute Gasteiger partial charge is 0.275 e. The summed E-state index contributed by atoms with van der Waals surface area (Å²) in [6, 6.07) is 0.